The topological polar surface area (TPSA) is 69.4 Å². The molecule has 3 rings (SSSR count). The first-order chi connectivity index (χ1) is 8.70. The third kappa shape index (κ3) is 1.50. The summed E-state index contributed by atoms with van der Waals surface area (Å²) in [7, 11) is 1.31. The molecule has 0 atom stereocenters. The average Bonchev–Trinajstić information content (AvgIpc) is 2.88. The maximum atomic E-state index is 11.4. The molecule has 18 heavy (non-hydrogen) atoms. The number of halogens is 1. The number of carbonyl (C=O) groups is 1. The molecule has 0 unspecified atom stereocenters. The second kappa shape index (κ2) is 3.92. The molecule has 0 N–H and O–H groups in total. The largest absolute Gasteiger partial charge is 0.464 e. The van der Waals surface area contributed by atoms with Gasteiger partial charge in [-0.15, -0.1) is 0 Å². The zero-order valence-electron chi connectivity index (χ0n) is 9.29. The second-order valence-electron chi connectivity index (χ2n) is 3.58. The number of fused-ring (bicyclic) bond motifs is 3. The highest BCUT2D eigenvalue weighted by Gasteiger charge is 2.12. The molecule has 0 bridgehead atoms. The van der Waals surface area contributed by atoms with Crippen LogP contribution in [0, 0.1) is 0 Å². The quantitative estimate of drug-likeness (QED) is 0.625. The fourth-order valence-corrected chi connectivity index (χ4v) is 1.93. The summed E-state index contributed by atoms with van der Waals surface area (Å²) in [6.45, 7) is 0. The van der Waals surface area contributed by atoms with Crippen LogP contribution >= 0.6 is 11.6 Å². The van der Waals surface area contributed by atoms with Crippen molar-refractivity contribution in [1.82, 2.24) is 19.4 Å². The Morgan fingerprint density at radius 1 is 1.39 bits per heavy atom. The Labute approximate surface area is 106 Å². The molecule has 0 aromatic carbocycles. The van der Waals surface area contributed by atoms with Gasteiger partial charge in [-0.2, -0.15) is 0 Å². The number of ether oxygens (including phenoxy) is 1. The van der Waals surface area contributed by atoms with Crippen LogP contribution in [0.25, 0.3) is 16.7 Å². The Kier molecular flexibility index (Phi) is 2.38. The molecule has 90 valence electrons. The Hall–Kier alpha value is -2.21. The van der Waals surface area contributed by atoms with E-state index in [4.69, 9.17) is 11.6 Å². The Morgan fingerprint density at radius 2 is 2.22 bits per heavy atom. The zero-order valence-corrected chi connectivity index (χ0v) is 10.0. The monoisotopic (exact) mass is 262 g/mol. The van der Waals surface area contributed by atoms with E-state index in [1.54, 1.807) is 29.1 Å². The molecule has 0 saturated carbocycles. The molecule has 0 aliphatic carbocycles. The third-order valence-electron chi connectivity index (χ3n) is 2.55. The number of methoxy groups -OCH3 is 1. The first-order valence-electron chi connectivity index (χ1n) is 5.07. The SMILES string of the molecule is COC(=O)c1ccc2nc(Cl)c3cncn3c2n1. The van der Waals surface area contributed by atoms with Crippen LogP contribution < -0.4 is 0 Å². The highest BCUT2D eigenvalue weighted by molar-refractivity contribution is 6.32. The van der Waals surface area contributed by atoms with E-state index in [1.165, 1.54) is 7.11 Å². The lowest BCUT2D eigenvalue weighted by molar-refractivity contribution is 0.0594. The number of pyridine rings is 1. The van der Waals surface area contributed by atoms with Crippen molar-refractivity contribution in [2.45, 2.75) is 0 Å². The minimum atomic E-state index is -0.500. The average molecular weight is 263 g/mol. The summed E-state index contributed by atoms with van der Waals surface area (Å²) >= 11 is 6.02. The molecule has 0 radical (unpaired) electrons. The van der Waals surface area contributed by atoms with Gasteiger partial charge in [-0.05, 0) is 12.1 Å². The summed E-state index contributed by atoms with van der Waals surface area (Å²) in [5.74, 6) is -0.500. The molecule has 0 aliphatic rings. The van der Waals surface area contributed by atoms with E-state index in [1.807, 2.05) is 0 Å². The third-order valence-corrected chi connectivity index (χ3v) is 2.82. The van der Waals surface area contributed by atoms with Crippen molar-refractivity contribution in [3.63, 3.8) is 0 Å². The Balaban J connectivity index is 2.38. The van der Waals surface area contributed by atoms with E-state index < -0.39 is 5.97 Å². The van der Waals surface area contributed by atoms with Crippen LogP contribution in [-0.2, 0) is 4.74 Å². The number of aromatic nitrogens is 4. The molecule has 0 spiro atoms. The summed E-state index contributed by atoms with van der Waals surface area (Å²) < 4.78 is 6.31. The lowest BCUT2D eigenvalue weighted by atomic mass is 10.3. The van der Waals surface area contributed by atoms with Crippen LogP contribution in [0.15, 0.2) is 24.7 Å². The van der Waals surface area contributed by atoms with Crippen molar-refractivity contribution in [2.75, 3.05) is 7.11 Å². The number of hydrogen-bond acceptors (Lipinski definition) is 5. The molecule has 3 aromatic rings. The lowest BCUT2D eigenvalue weighted by Crippen LogP contribution is -2.05. The van der Waals surface area contributed by atoms with Gasteiger partial charge in [0, 0.05) is 0 Å². The number of hydrogen-bond donors (Lipinski definition) is 0. The molecule has 0 saturated heterocycles. The van der Waals surface area contributed by atoms with Crippen molar-refractivity contribution in [3.8, 4) is 0 Å². The van der Waals surface area contributed by atoms with E-state index in [0.717, 1.165) is 0 Å². The Morgan fingerprint density at radius 3 is 3.00 bits per heavy atom. The maximum absolute atomic E-state index is 11.4. The van der Waals surface area contributed by atoms with Crippen LogP contribution in [0.2, 0.25) is 5.15 Å². The van der Waals surface area contributed by atoms with Gasteiger partial charge in [0.05, 0.1) is 13.3 Å². The highest BCUT2D eigenvalue weighted by atomic mass is 35.5. The van der Waals surface area contributed by atoms with E-state index in [9.17, 15) is 4.79 Å². The van der Waals surface area contributed by atoms with Gasteiger partial charge in [0.2, 0.25) is 0 Å². The first kappa shape index (κ1) is 10.9. The highest BCUT2D eigenvalue weighted by Crippen LogP contribution is 2.20. The maximum Gasteiger partial charge on any atom is 0.356 e. The molecular formula is C11H7ClN4O2. The van der Waals surface area contributed by atoms with Crippen LogP contribution in [0.5, 0.6) is 0 Å². The van der Waals surface area contributed by atoms with Gasteiger partial charge in [0.15, 0.2) is 16.5 Å². The van der Waals surface area contributed by atoms with Crippen LogP contribution in [-0.4, -0.2) is 32.4 Å². The molecule has 3 heterocycles. The van der Waals surface area contributed by atoms with Crippen LogP contribution in [0.1, 0.15) is 10.5 Å². The van der Waals surface area contributed by atoms with Gasteiger partial charge in [-0.25, -0.2) is 19.7 Å². The summed E-state index contributed by atoms with van der Waals surface area (Å²) in [5, 5.41) is 0.340. The first-order valence-corrected chi connectivity index (χ1v) is 5.45. The molecule has 7 heteroatoms. The standard InChI is InChI=1S/C11H7ClN4O2/c1-18-11(17)7-3-2-6-10(15-7)16-5-13-4-8(16)9(12)14-6/h2-5H,1H3. The van der Waals surface area contributed by atoms with Crippen molar-refractivity contribution >= 4 is 34.3 Å². The fourth-order valence-electron chi connectivity index (χ4n) is 1.70. The van der Waals surface area contributed by atoms with Gasteiger partial charge < -0.3 is 4.74 Å². The summed E-state index contributed by atoms with van der Waals surface area (Å²) in [6, 6.07) is 3.21. The van der Waals surface area contributed by atoms with Crippen LogP contribution in [0.3, 0.4) is 0 Å². The van der Waals surface area contributed by atoms with Crippen molar-refractivity contribution in [2.24, 2.45) is 0 Å². The van der Waals surface area contributed by atoms with Gasteiger partial charge in [0.1, 0.15) is 17.4 Å². The smallest absolute Gasteiger partial charge is 0.356 e. The molecular weight excluding hydrogens is 256 g/mol. The van der Waals surface area contributed by atoms with Crippen molar-refractivity contribution < 1.29 is 9.53 Å². The van der Waals surface area contributed by atoms with Gasteiger partial charge in [0.25, 0.3) is 0 Å². The molecule has 0 fully saturated rings. The normalized spacial score (nSPS) is 11.0. The van der Waals surface area contributed by atoms with E-state index in [0.29, 0.717) is 21.8 Å². The number of rotatable bonds is 1. The number of imidazole rings is 1. The zero-order chi connectivity index (χ0) is 12.7. The summed E-state index contributed by atoms with van der Waals surface area (Å²) in [5.41, 5.74) is 1.94. The Bertz CT molecular complexity index is 768. The summed E-state index contributed by atoms with van der Waals surface area (Å²) in [6.07, 6.45) is 3.15. The second-order valence-corrected chi connectivity index (χ2v) is 3.94. The van der Waals surface area contributed by atoms with Gasteiger partial charge >= 0.3 is 5.97 Å². The summed E-state index contributed by atoms with van der Waals surface area (Å²) in [4.78, 5) is 23.8. The number of esters is 1. The predicted octanol–water partition coefficient (Wildman–Crippen LogP) is 1.72. The van der Waals surface area contributed by atoms with Gasteiger partial charge in [-0.3, -0.25) is 4.40 Å². The lowest BCUT2D eigenvalue weighted by Gasteiger charge is -2.04. The van der Waals surface area contributed by atoms with Crippen molar-refractivity contribution in [1.29, 1.82) is 0 Å². The fraction of sp³-hybridized carbons (Fsp3) is 0.0909. The molecule has 0 amide bonds. The van der Waals surface area contributed by atoms with E-state index in [2.05, 4.69) is 19.7 Å². The van der Waals surface area contributed by atoms with Crippen molar-refractivity contribution in [3.05, 3.63) is 35.5 Å². The number of nitrogens with zero attached hydrogens (tertiary/aromatic N) is 4. The van der Waals surface area contributed by atoms with E-state index in [-0.39, 0.29) is 5.69 Å². The van der Waals surface area contributed by atoms with Crippen LogP contribution in [0.4, 0.5) is 0 Å². The predicted molar refractivity (Wildman–Crippen MR) is 64.6 cm³/mol. The molecule has 0 aliphatic heterocycles. The minimum absolute atomic E-state index is 0.212. The number of carbonyl (C=O) groups excluding carboxylic acids is 1. The van der Waals surface area contributed by atoms with Gasteiger partial charge in [-0.1, -0.05) is 11.6 Å². The van der Waals surface area contributed by atoms with E-state index >= 15 is 0 Å². The molecule has 6 nitrogen and oxygen atoms in total. The minimum Gasteiger partial charge on any atom is -0.464 e. The molecule has 3 aromatic heterocycles.